The van der Waals surface area contributed by atoms with Crippen LogP contribution < -0.4 is 5.32 Å². The van der Waals surface area contributed by atoms with Crippen molar-refractivity contribution in [2.75, 3.05) is 20.1 Å². The number of nitrogens with one attached hydrogen (secondary N) is 1. The number of piperidine rings is 1. The first-order chi connectivity index (χ1) is 10.7. The molecule has 0 saturated carbocycles. The van der Waals surface area contributed by atoms with Crippen LogP contribution in [0.1, 0.15) is 28.8 Å². The van der Waals surface area contributed by atoms with E-state index in [4.69, 9.17) is 0 Å². The first kappa shape index (κ1) is 17.5. The molecule has 124 valence electrons. The summed E-state index contributed by atoms with van der Waals surface area (Å²) < 4.78 is 1.82. The van der Waals surface area contributed by atoms with Crippen molar-refractivity contribution in [3.8, 4) is 0 Å². The molecule has 1 aliphatic heterocycles. The van der Waals surface area contributed by atoms with E-state index in [-0.39, 0.29) is 18.3 Å². The number of carbonyl (C=O) groups is 1. The van der Waals surface area contributed by atoms with E-state index in [0.29, 0.717) is 18.2 Å². The Hall–Kier alpha value is -1.85. The zero-order valence-corrected chi connectivity index (χ0v) is 14.1. The van der Waals surface area contributed by atoms with Crippen molar-refractivity contribution in [3.05, 3.63) is 53.9 Å². The summed E-state index contributed by atoms with van der Waals surface area (Å²) in [5.41, 5.74) is 1.84. The number of nitrogens with zero attached hydrogens (tertiary/aromatic N) is 3. The van der Waals surface area contributed by atoms with E-state index in [0.717, 1.165) is 25.9 Å². The fourth-order valence-electron chi connectivity index (χ4n) is 2.89. The molecule has 2 heterocycles. The van der Waals surface area contributed by atoms with Gasteiger partial charge in [-0.3, -0.25) is 9.48 Å². The van der Waals surface area contributed by atoms with Gasteiger partial charge in [-0.15, -0.1) is 12.4 Å². The SMILES string of the molecule is CN(C(=O)c1cnn(Cc2ccccc2)c1)C1CCNCC1.Cl. The fraction of sp³-hybridized carbons (Fsp3) is 0.412. The van der Waals surface area contributed by atoms with Gasteiger partial charge in [0.2, 0.25) is 0 Å². The second-order valence-electron chi connectivity index (χ2n) is 5.81. The van der Waals surface area contributed by atoms with E-state index in [1.807, 2.05) is 41.0 Å². The molecule has 5 nitrogen and oxygen atoms in total. The summed E-state index contributed by atoms with van der Waals surface area (Å²) in [5.74, 6) is 0.0613. The Labute approximate surface area is 143 Å². The Morgan fingerprint density at radius 1 is 1.30 bits per heavy atom. The van der Waals surface area contributed by atoms with Crippen LogP contribution in [0.3, 0.4) is 0 Å². The lowest BCUT2D eigenvalue weighted by molar-refractivity contribution is 0.0703. The lowest BCUT2D eigenvalue weighted by Crippen LogP contribution is -2.43. The molecule has 1 amide bonds. The monoisotopic (exact) mass is 334 g/mol. The average molecular weight is 335 g/mol. The van der Waals surface area contributed by atoms with Crippen molar-refractivity contribution in [1.82, 2.24) is 20.0 Å². The standard InChI is InChI=1S/C17H22N4O.ClH/c1-20(16-7-9-18-10-8-16)17(22)15-11-19-21(13-15)12-14-5-3-2-4-6-14;/h2-6,11,13,16,18H,7-10,12H2,1H3;1H. The molecule has 1 saturated heterocycles. The first-order valence-electron chi connectivity index (χ1n) is 7.78. The number of amides is 1. The molecule has 1 aromatic heterocycles. The quantitative estimate of drug-likeness (QED) is 0.932. The minimum Gasteiger partial charge on any atom is -0.339 e. The normalized spacial score (nSPS) is 15.0. The van der Waals surface area contributed by atoms with Crippen LogP contribution in [0.25, 0.3) is 0 Å². The van der Waals surface area contributed by atoms with Gasteiger partial charge in [0.15, 0.2) is 0 Å². The second kappa shape index (κ2) is 8.13. The van der Waals surface area contributed by atoms with Crippen molar-refractivity contribution >= 4 is 18.3 Å². The highest BCUT2D eigenvalue weighted by Gasteiger charge is 2.23. The summed E-state index contributed by atoms with van der Waals surface area (Å²) in [6, 6.07) is 10.5. The number of halogens is 1. The Bertz CT molecular complexity index is 623. The Morgan fingerprint density at radius 2 is 2.00 bits per heavy atom. The van der Waals surface area contributed by atoms with Crippen LogP contribution >= 0.6 is 12.4 Å². The summed E-state index contributed by atoms with van der Waals surface area (Å²) in [6.07, 6.45) is 5.54. The Kier molecular flexibility index (Phi) is 6.19. The van der Waals surface area contributed by atoms with Crippen molar-refractivity contribution in [2.45, 2.75) is 25.4 Å². The number of rotatable bonds is 4. The van der Waals surface area contributed by atoms with Gasteiger partial charge in [-0.1, -0.05) is 30.3 Å². The van der Waals surface area contributed by atoms with Crippen LogP contribution in [-0.2, 0) is 6.54 Å². The summed E-state index contributed by atoms with van der Waals surface area (Å²) in [4.78, 5) is 14.4. The Balaban J connectivity index is 0.00000192. The largest absolute Gasteiger partial charge is 0.339 e. The van der Waals surface area contributed by atoms with Crippen LogP contribution in [0.15, 0.2) is 42.7 Å². The molecule has 2 aromatic rings. The lowest BCUT2D eigenvalue weighted by atomic mass is 10.0. The third-order valence-electron chi connectivity index (χ3n) is 4.24. The van der Waals surface area contributed by atoms with Gasteiger partial charge in [0.1, 0.15) is 0 Å². The van der Waals surface area contributed by atoms with Crippen LogP contribution in [0.5, 0.6) is 0 Å². The molecule has 0 unspecified atom stereocenters. The molecule has 3 rings (SSSR count). The van der Waals surface area contributed by atoms with Crippen LogP contribution in [0, 0.1) is 0 Å². The van der Waals surface area contributed by atoms with Crippen LogP contribution in [-0.4, -0.2) is 46.8 Å². The van der Waals surface area contributed by atoms with Gasteiger partial charge < -0.3 is 10.2 Å². The highest BCUT2D eigenvalue weighted by atomic mass is 35.5. The number of hydrogen-bond acceptors (Lipinski definition) is 3. The molecule has 23 heavy (non-hydrogen) atoms. The highest BCUT2D eigenvalue weighted by Crippen LogP contribution is 2.14. The van der Waals surface area contributed by atoms with Gasteiger partial charge in [-0.25, -0.2) is 0 Å². The van der Waals surface area contributed by atoms with Gasteiger partial charge in [-0.05, 0) is 31.5 Å². The van der Waals surface area contributed by atoms with Gasteiger partial charge in [0.25, 0.3) is 5.91 Å². The molecule has 0 bridgehead atoms. The van der Waals surface area contributed by atoms with Gasteiger partial charge in [-0.2, -0.15) is 5.10 Å². The first-order valence-corrected chi connectivity index (χ1v) is 7.78. The van der Waals surface area contributed by atoms with E-state index in [9.17, 15) is 4.79 Å². The number of hydrogen-bond donors (Lipinski definition) is 1. The minimum absolute atomic E-state index is 0. The molecule has 0 atom stereocenters. The third kappa shape index (κ3) is 4.33. The molecule has 0 spiro atoms. The maximum Gasteiger partial charge on any atom is 0.257 e. The molecule has 0 radical (unpaired) electrons. The number of aromatic nitrogens is 2. The van der Waals surface area contributed by atoms with E-state index < -0.39 is 0 Å². The predicted octanol–water partition coefficient (Wildman–Crippen LogP) is 2.18. The summed E-state index contributed by atoms with van der Waals surface area (Å²) in [7, 11) is 1.90. The zero-order valence-electron chi connectivity index (χ0n) is 13.3. The summed E-state index contributed by atoms with van der Waals surface area (Å²) in [5, 5.41) is 7.64. The van der Waals surface area contributed by atoms with Crippen molar-refractivity contribution in [1.29, 1.82) is 0 Å². The minimum atomic E-state index is 0. The van der Waals surface area contributed by atoms with Crippen LogP contribution in [0.4, 0.5) is 0 Å². The number of benzene rings is 1. The van der Waals surface area contributed by atoms with E-state index in [2.05, 4.69) is 22.5 Å². The van der Waals surface area contributed by atoms with Gasteiger partial charge in [0, 0.05) is 19.3 Å². The van der Waals surface area contributed by atoms with E-state index >= 15 is 0 Å². The van der Waals surface area contributed by atoms with Crippen LogP contribution in [0.2, 0.25) is 0 Å². The van der Waals surface area contributed by atoms with Crippen molar-refractivity contribution < 1.29 is 4.79 Å². The molecule has 0 aliphatic carbocycles. The molecule has 6 heteroatoms. The fourth-order valence-corrected chi connectivity index (χ4v) is 2.89. The summed E-state index contributed by atoms with van der Waals surface area (Å²) in [6.45, 7) is 2.65. The average Bonchev–Trinajstić information content (AvgIpc) is 3.04. The lowest BCUT2D eigenvalue weighted by Gasteiger charge is -2.31. The zero-order chi connectivity index (χ0) is 15.4. The predicted molar refractivity (Wildman–Crippen MR) is 93.0 cm³/mol. The second-order valence-corrected chi connectivity index (χ2v) is 5.81. The third-order valence-corrected chi connectivity index (χ3v) is 4.24. The Morgan fingerprint density at radius 3 is 2.70 bits per heavy atom. The molecule has 1 aromatic carbocycles. The summed E-state index contributed by atoms with van der Waals surface area (Å²) >= 11 is 0. The topological polar surface area (TPSA) is 50.2 Å². The van der Waals surface area contributed by atoms with E-state index in [1.54, 1.807) is 6.20 Å². The van der Waals surface area contributed by atoms with Gasteiger partial charge >= 0.3 is 0 Å². The van der Waals surface area contributed by atoms with Gasteiger partial charge in [0.05, 0.1) is 18.3 Å². The van der Waals surface area contributed by atoms with Crippen molar-refractivity contribution in [3.63, 3.8) is 0 Å². The maximum atomic E-state index is 12.6. The molecule has 1 aliphatic rings. The molecular weight excluding hydrogens is 312 g/mol. The van der Waals surface area contributed by atoms with Crippen molar-refractivity contribution in [2.24, 2.45) is 0 Å². The molecule has 1 fully saturated rings. The maximum absolute atomic E-state index is 12.6. The highest BCUT2D eigenvalue weighted by molar-refractivity contribution is 5.93. The molecular formula is C17H23ClN4O. The smallest absolute Gasteiger partial charge is 0.257 e. The van der Waals surface area contributed by atoms with E-state index in [1.165, 1.54) is 5.56 Å². The number of carbonyl (C=O) groups excluding carboxylic acids is 1. The molecule has 1 N–H and O–H groups in total.